The molecule has 3 rings (SSSR count). The van der Waals surface area contributed by atoms with Crippen LogP contribution in [0.25, 0.3) is 0 Å². The summed E-state index contributed by atoms with van der Waals surface area (Å²) in [6.45, 7) is 3.89. The highest BCUT2D eigenvalue weighted by atomic mass is 35.5. The normalized spacial score (nSPS) is 23.3. The Hall–Kier alpha value is -1.73. The highest BCUT2D eigenvalue weighted by Crippen LogP contribution is 2.35. The minimum atomic E-state index is 0.0476. The molecule has 0 bridgehead atoms. The zero-order valence-electron chi connectivity index (χ0n) is 14.8. The first-order valence-electron chi connectivity index (χ1n) is 8.79. The molecule has 0 aromatic carbocycles. The van der Waals surface area contributed by atoms with Crippen LogP contribution in [-0.2, 0) is 4.79 Å². The van der Waals surface area contributed by atoms with Crippen molar-refractivity contribution in [1.29, 1.82) is 0 Å². The van der Waals surface area contributed by atoms with E-state index in [0.717, 1.165) is 38.4 Å². The van der Waals surface area contributed by atoms with E-state index in [2.05, 4.69) is 30.8 Å². The predicted molar refractivity (Wildman–Crippen MR) is 105 cm³/mol. The summed E-state index contributed by atoms with van der Waals surface area (Å²) in [6.07, 6.45) is 4.33. The fraction of sp³-hybridized carbons (Fsp3) is 0.588. The van der Waals surface area contributed by atoms with Crippen molar-refractivity contribution in [3.8, 4) is 0 Å². The second-order valence-electron chi connectivity index (χ2n) is 6.86. The highest BCUT2D eigenvalue weighted by Gasteiger charge is 2.42. The number of piperidine rings is 1. The van der Waals surface area contributed by atoms with Gasteiger partial charge in [-0.25, -0.2) is 4.98 Å². The monoisotopic (exact) mass is 398 g/mol. The van der Waals surface area contributed by atoms with Crippen molar-refractivity contribution >= 4 is 40.9 Å². The molecule has 0 saturated carbocycles. The largest absolute Gasteiger partial charge is 0.367 e. The maximum absolute atomic E-state index is 11.6. The van der Waals surface area contributed by atoms with Crippen molar-refractivity contribution in [2.75, 3.05) is 45.1 Å². The molecule has 1 amide bonds. The smallest absolute Gasteiger partial charge is 0.220 e. The van der Waals surface area contributed by atoms with E-state index < -0.39 is 0 Å². The third-order valence-electron chi connectivity index (χ3n) is 4.88. The van der Waals surface area contributed by atoms with Gasteiger partial charge in [0, 0.05) is 57.8 Å². The molecule has 7 nitrogen and oxygen atoms in total. The summed E-state index contributed by atoms with van der Waals surface area (Å²) in [5.74, 6) is 1.63. The number of likely N-dealkylation sites (tertiary alicyclic amines) is 1. The number of pyridine rings is 1. The lowest BCUT2D eigenvalue weighted by Crippen LogP contribution is -2.51. The number of aromatic nitrogens is 1. The molecule has 1 aromatic heterocycles. The van der Waals surface area contributed by atoms with Crippen LogP contribution in [0, 0.1) is 5.41 Å². The molecule has 2 fully saturated rings. The Bertz CT molecular complexity index is 698. The van der Waals surface area contributed by atoms with Crippen molar-refractivity contribution < 1.29 is 4.79 Å². The van der Waals surface area contributed by atoms with Crippen molar-refractivity contribution in [2.45, 2.75) is 19.3 Å². The van der Waals surface area contributed by atoms with Crippen LogP contribution in [-0.4, -0.2) is 61.5 Å². The number of nitrogens with zero attached hydrogens (tertiary/aromatic N) is 3. The molecule has 1 atom stereocenters. The van der Waals surface area contributed by atoms with Gasteiger partial charge in [0.1, 0.15) is 5.82 Å². The minimum Gasteiger partial charge on any atom is -0.367 e. The van der Waals surface area contributed by atoms with Gasteiger partial charge in [0.05, 0.1) is 10.0 Å². The lowest BCUT2D eigenvalue weighted by atomic mass is 9.79. The number of hydrogen-bond acceptors (Lipinski definition) is 4. The van der Waals surface area contributed by atoms with Gasteiger partial charge in [-0.1, -0.05) is 23.2 Å². The molecule has 3 N–H and O–H groups in total. The molecule has 1 unspecified atom stereocenters. The second kappa shape index (κ2) is 8.31. The number of aliphatic imine (C=N–C) groups is 1. The molecule has 2 aliphatic heterocycles. The van der Waals surface area contributed by atoms with Crippen LogP contribution in [0.5, 0.6) is 0 Å². The summed E-state index contributed by atoms with van der Waals surface area (Å²) < 4.78 is 0. The lowest BCUT2D eigenvalue weighted by Gasteiger charge is -2.40. The van der Waals surface area contributed by atoms with Crippen LogP contribution in [0.1, 0.15) is 19.3 Å². The summed E-state index contributed by atoms with van der Waals surface area (Å²) in [5.41, 5.74) is 0.0476. The summed E-state index contributed by atoms with van der Waals surface area (Å²) in [4.78, 5) is 22.5. The fourth-order valence-electron chi connectivity index (χ4n) is 3.66. The molecule has 1 aromatic rings. The van der Waals surface area contributed by atoms with Gasteiger partial charge in [0.2, 0.25) is 5.91 Å². The number of amides is 1. The summed E-state index contributed by atoms with van der Waals surface area (Å²) >= 11 is 12.0. The Labute approximate surface area is 163 Å². The Kier molecular flexibility index (Phi) is 6.09. The van der Waals surface area contributed by atoms with E-state index in [9.17, 15) is 4.79 Å². The van der Waals surface area contributed by atoms with Crippen LogP contribution in [0.3, 0.4) is 0 Å². The van der Waals surface area contributed by atoms with Crippen LogP contribution >= 0.6 is 23.2 Å². The number of hydrogen-bond donors (Lipinski definition) is 3. The zero-order chi connectivity index (χ0) is 18.6. The van der Waals surface area contributed by atoms with E-state index in [-0.39, 0.29) is 11.3 Å². The second-order valence-corrected chi connectivity index (χ2v) is 7.71. The molecule has 26 heavy (non-hydrogen) atoms. The third-order valence-corrected chi connectivity index (χ3v) is 5.37. The van der Waals surface area contributed by atoms with Crippen LogP contribution in [0.4, 0.5) is 5.82 Å². The number of nitrogens with one attached hydrogen (secondary N) is 3. The van der Waals surface area contributed by atoms with Gasteiger partial charge in [-0.3, -0.25) is 9.79 Å². The van der Waals surface area contributed by atoms with Gasteiger partial charge in [-0.15, -0.1) is 0 Å². The maximum atomic E-state index is 11.6. The van der Waals surface area contributed by atoms with Crippen molar-refractivity contribution in [1.82, 2.24) is 20.5 Å². The number of anilines is 1. The summed E-state index contributed by atoms with van der Waals surface area (Å²) in [7, 11) is 1.78. The van der Waals surface area contributed by atoms with Crippen molar-refractivity contribution in [2.24, 2.45) is 10.4 Å². The molecule has 2 aliphatic rings. The van der Waals surface area contributed by atoms with Crippen molar-refractivity contribution in [3.05, 3.63) is 22.3 Å². The van der Waals surface area contributed by atoms with Gasteiger partial charge in [0.25, 0.3) is 0 Å². The Morgan fingerprint density at radius 1 is 1.46 bits per heavy atom. The average molecular weight is 399 g/mol. The first-order chi connectivity index (χ1) is 12.5. The number of carbonyl (C=O) groups excluding carboxylic acids is 1. The Morgan fingerprint density at radius 3 is 3.00 bits per heavy atom. The van der Waals surface area contributed by atoms with Gasteiger partial charge in [-0.2, -0.15) is 0 Å². The van der Waals surface area contributed by atoms with Crippen LogP contribution in [0.15, 0.2) is 17.3 Å². The van der Waals surface area contributed by atoms with Gasteiger partial charge in [0.15, 0.2) is 5.96 Å². The number of guanidine groups is 1. The molecule has 2 saturated heterocycles. The topological polar surface area (TPSA) is 81.7 Å². The van der Waals surface area contributed by atoms with Crippen LogP contribution in [0.2, 0.25) is 10.0 Å². The van der Waals surface area contributed by atoms with Gasteiger partial charge < -0.3 is 20.9 Å². The van der Waals surface area contributed by atoms with E-state index in [0.29, 0.717) is 35.4 Å². The fourth-order valence-corrected chi connectivity index (χ4v) is 4.11. The number of rotatable bonds is 4. The third kappa shape index (κ3) is 4.51. The zero-order valence-corrected chi connectivity index (χ0v) is 16.3. The Balaban J connectivity index is 1.49. The Morgan fingerprint density at radius 2 is 2.31 bits per heavy atom. The predicted octanol–water partition coefficient (Wildman–Crippen LogP) is 1.98. The quantitative estimate of drug-likeness (QED) is 0.410. The maximum Gasteiger partial charge on any atom is 0.220 e. The molecular formula is C17H24Cl2N6O. The standard InChI is InChI=1S/C17H24Cl2N6O/c1-20-16(22-5-4-21-15-13(19)7-12(18)9-23-15)25-6-2-3-17(11-25)8-14(26)24-10-17/h7,9H,2-6,8,10-11H2,1H3,(H,20,22)(H,21,23)(H,24,26). The summed E-state index contributed by atoms with van der Waals surface area (Å²) in [5, 5.41) is 10.5. The molecule has 9 heteroatoms. The van der Waals surface area contributed by atoms with E-state index in [1.165, 1.54) is 0 Å². The van der Waals surface area contributed by atoms with Crippen LogP contribution < -0.4 is 16.0 Å². The molecule has 1 spiro atoms. The molecule has 3 heterocycles. The van der Waals surface area contributed by atoms with E-state index in [1.807, 2.05) is 0 Å². The lowest BCUT2D eigenvalue weighted by molar-refractivity contribution is -0.119. The highest BCUT2D eigenvalue weighted by molar-refractivity contribution is 6.35. The first kappa shape index (κ1) is 19.0. The van der Waals surface area contributed by atoms with Crippen molar-refractivity contribution in [3.63, 3.8) is 0 Å². The average Bonchev–Trinajstić information content (AvgIpc) is 2.96. The van der Waals surface area contributed by atoms with E-state index in [1.54, 1.807) is 19.3 Å². The SMILES string of the molecule is CN=C(NCCNc1ncc(Cl)cc1Cl)N1CCCC2(CNC(=O)C2)C1. The van der Waals surface area contributed by atoms with Gasteiger partial charge >= 0.3 is 0 Å². The number of carbonyl (C=O) groups is 1. The molecular weight excluding hydrogens is 375 g/mol. The summed E-state index contributed by atoms with van der Waals surface area (Å²) in [6, 6.07) is 1.66. The first-order valence-corrected chi connectivity index (χ1v) is 9.54. The van der Waals surface area contributed by atoms with E-state index >= 15 is 0 Å². The molecule has 0 aliphatic carbocycles. The molecule has 0 radical (unpaired) electrons. The van der Waals surface area contributed by atoms with Gasteiger partial charge in [-0.05, 0) is 18.9 Å². The minimum absolute atomic E-state index is 0.0476. The van der Waals surface area contributed by atoms with E-state index in [4.69, 9.17) is 23.2 Å². The number of halogens is 2. The molecule has 142 valence electrons.